The molecule has 0 radical (unpaired) electrons. The second-order valence-corrected chi connectivity index (χ2v) is 6.01. The van der Waals surface area contributed by atoms with Crippen molar-refractivity contribution in [3.63, 3.8) is 0 Å². The van der Waals surface area contributed by atoms with Crippen LogP contribution in [-0.2, 0) is 0 Å². The van der Waals surface area contributed by atoms with Crippen LogP contribution in [0, 0.1) is 0 Å². The van der Waals surface area contributed by atoms with E-state index >= 15 is 0 Å². The summed E-state index contributed by atoms with van der Waals surface area (Å²) in [5, 5.41) is 0. The lowest BCUT2D eigenvalue weighted by Crippen LogP contribution is -2.54. The van der Waals surface area contributed by atoms with Crippen molar-refractivity contribution in [2.45, 2.75) is 51.1 Å². The number of piperidine rings is 1. The van der Waals surface area contributed by atoms with Crippen LogP contribution in [0.5, 0.6) is 5.75 Å². The maximum Gasteiger partial charge on any atom is 0.119 e. The lowest BCUT2D eigenvalue weighted by Gasteiger charge is -2.47. The van der Waals surface area contributed by atoms with Gasteiger partial charge in [-0.15, -0.1) is 0 Å². The van der Waals surface area contributed by atoms with Gasteiger partial charge in [-0.25, -0.2) is 0 Å². The summed E-state index contributed by atoms with van der Waals surface area (Å²) in [6.07, 6.45) is 5.00. The highest BCUT2D eigenvalue weighted by Gasteiger charge is 2.37. The Morgan fingerprint density at radius 1 is 1.30 bits per heavy atom. The van der Waals surface area contributed by atoms with Gasteiger partial charge in [-0.2, -0.15) is 0 Å². The number of nitrogens with two attached hydrogens (primary N) is 1. The van der Waals surface area contributed by atoms with Gasteiger partial charge in [0.05, 0.1) is 7.11 Å². The maximum absolute atomic E-state index is 6.64. The fourth-order valence-electron chi connectivity index (χ4n) is 3.24. The summed E-state index contributed by atoms with van der Waals surface area (Å²) in [5.74, 6) is 0.884. The van der Waals surface area contributed by atoms with Crippen LogP contribution in [0.15, 0.2) is 24.3 Å². The summed E-state index contributed by atoms with van der Waals surface area (Å²) in [7, 11) is 1.70. The molecule has 112 valence electrons. The minimum atomic E-state index is 0.0145. The van der Waals surface area contributed by atoms with Crippen LogP contribution < -0.4 is 10.5 Å². The lowest BCUT2D eigenvalue weighted by atomic mass is 9.82. The number of nitrogens with zero attached hydrogens (tertiary/aromatic N) is 1. The van der Waals surface area contributed by atoms with Gasteiger partial charge in [0.15, 0.2) is 0 Å². The molecular formula is C17H28N2O. The zero-order valence-corrected chi connectivity index (χ0v) is 13.1. The van der Waals surface area contributed by atoms with E-state index in [1.807, 2.05) is 12.1 Å². The van der Waals surface area contributed by atoms with E-state index in [4.69, 9.17) is 10.5 Å². The van der Waals surface area contributed by atoms with Crippen molar-refractivity contribution >= 4 is 0 Å². The smallest absolute Gasteiger partial charge is 0.119 e. The average molecular weight is 276 g/mol. The summed E-state index contributed by atoms with van der Waals surface area (Å²) >= 11 is 0. The van der Waals surface area contributed by atoms with Crippen molar-refractivity contribution in [3.8, 4) is 5.75 Å². The monoisotopic (exact) mass is 276 g/mol. The van der Waals surface area contributed by atoms with Gasteiger partial charge in [0.25, 0.3) is 0 Å². The van der Waals surface area contributed by atoms with Crippen molar-refractivity contribution in [1.29, 1.82) is 0 Å². The Kier molecular flexibility index (Phi) is 5.06. The molecule has 1 heterocycles. The molecular weight excluding hydrogens is 248 g/mol. The molecule has 3 nitrogen and oxygen atoms in total. The normalized spacial score (nSPS) is 21.2. The van der Waals surface area contributed by atoms with Gasteiger partial charge in [-0.3, -0.25) is 4.90 Å². The van der Waals surface area contributed by atoms with E-state index in [0.717, 1.165) is 12.2 Å². The molecule has 3 heteroatoms. The maximum atomic E-state index is 6.64. The number of hydrogen-bond donors (Lipinski definition) is 1. The van der Waals surface area contributed by atoms with Crippen molar-refractivity contribution < 1.29 is 4.74 Å². The predicted molar refractivity (Wildman–Crippen MR) is 84.0 cm³/mol. The van der Waals surface area contributed by atoms with Crippen molar-refractivity contribution in [1.82, 2.24) is 4.90 Å². The molecule has 1 aliphatic rings. The third kappa shape index (κ3) is 2.99. The largest absolute Gasteiger partial charge is 0.497 e. The fourth-order valence-corrected chi connectivity index (χ4v) is 3.24. The first-order chi connectivity index (χ1) is 9.61. The molecule has 20 heavy (non-hydrogen) atoms. The van der Waals surface area contributed by atoms with Crippen LogP contribution in [0.2, 0.25) is 0 Å². The summed E-state index contributed by atoms with van der Waals surface area (Å²) in [5.41, 5.74) is 7.83. The van der Waals surface area contributed by atoms with Crippen LogP contribution in [-0.4, -0.2) is 30.6 Å². The molecule has 0 aliphatic carbocycles. The SMILES string of the molecule is CCC(C)(C(N)c1cccc(OC)c1)N1CCCCC1. The first kappa shape index (κ1) is 15.3. The van der Waals surface area contributed by atoms with Gasteiger partial charge < -0.3 is 10.5 Å². The molecule has 2 N–H and O–H groups in total. The molecule has 1 saturated heterocycles. The molecule has 1 fully saturated rings. The van der Waals surface area contributed by atoms with Gasteiger partial charge in [0.2, 0.25) is 0 Å². The molecule has 1 aromatic carbocycles. The Labute approximate surface area is 123 Å². The lowest BCUT2D eigenvalue weighted by molar-refractivity contribution is 0.0542. The predicted octanol–water partition coefficient (Wildman–Crippen LogP) is 3.35. The zero-order valence-electron chi connectivity index (χ0n) is 13.1. The molecule has 0 bridgehead atoms. The first-order valence-electron chi connectivity index (χ1n) is 7.76. The van der Waals surface area contributed by atoms with Crippen LogP contribution in [0.1, 0.15) is 51.1 Å². The summed E-state index contributed by atoms with van der Waals surface area (Å²) in [6.45, 7) is 6.89. The minimum absolute atomic E-state index is 0.0145. The Morgan fingerprint density at radius 3 is 2.60 bits per heavy atom. The fraction of sp³-hybridized carbons (Fsp3) is 0.647. The molecule has 2 unspecified atom stereocenters. The average Bonchev–Trinajstić information content (AvgIpc) is 2.54. The second kappa shape index (κ2) is 6.59. The molecule has 1 aromatic rings. The standard InChI is InChI=1S/C17H28N2O/c1-4-17(2,19-11-6-5-7-12-19)16(18)14-9-8-10-15(13-14)20-3/h8-10,13,16H,4-7,11-12,18H2,1-3H3. The number of methoxy groups -OCH3 is 1. The number of ether oxygens (including phenoxy) is 1. The van der Waals surface area contributed by atoms with Crippen molar-refractivity contribution in [2.24, 2.45) is 5.73 Å². The highest BCUT2D eigenvalue weighted by atomic mass is 16.5. The molecule has 2 rings (SSSR count). The van der Waals surface area contributed by atoms with Crippen LogP contribution in [0.4, 0.5) is 0 Å². The quantitative estimate of drug-likeness (QED) is 0.896. The molecule has 0 aromatic heterocycles. The van der Waals surface area contributed by atoms with Crippen LogP contribution >= 0.6 is 0 Å². The van der Waals surface area contributed by atoms with E-state index in [1.54, 1.807) is 7.11 Å². The number of benzene rings is 1. The van der Waals surface area contributed by atoms with Crippen molar-refractivity contribution in [2.75, 3.05) is 20.2 Å². The second-order valence-electron chi connectivity index (χ2n) is 6.01. The van der Waals surface area contributed by atoms with Crippen LogP contribution in [0.25, 0.3) is 0 Å². The highest BCUT2D eigenvalue weighted by molar-refractivity contribution is 5.32. The first-order valence-corrected chi connectivity index (χ1v) is 7.76. The van der Waals surface area contributed by atoms with Gasteiger partial charge in [-0.1, -0.05) is 25.5 Å². The van der Waals surface area contributed by atoms with Gasteiger partial charge in [-0.05, 0) is 57.0 Å². The van der Waals surface area contributed by atoms with Gasteiger partial charge >= 0.3 is 0 Å². The summed E-state index contributed by atoms with van der Waals surface area (Å²) < 4.78 is 5.33. The third-order valence-electron chi connectivity index (χ3n) is 4.92. The topological polar surface area (TPSA) is 38.5 Å². The number of hydrogen-bond acceptors (Lipinski definition) is 3. The van der Waals surface area contributed by atoms with E-state index in [0.29, 0.717) is 0 Å². The van der Waals surface area contributed by atoms with E-state index in [1.165, 1.54) is 37.9 Å². The number of likely N-dealkylation sites (tertiary alicyclic amines) is 1. The van der Waals surface area contributed by atoms with Gasteiger partial charge in [0.1, 0.15) is 5.75 Å². The van der Waals surface area contributed by atoms with E-state index in [9.17, 15) is 0 Å². The number of rotatable bonds is 5. The van der Waals surface area contributed by atoms with Crippen LogP contribution in [0.3, 0.4) is 0 Å². The Hall–Kier alpha value is -1.06. The Morgan fingerprint density at radius 2 is 2.00 bits per heavy atom. The summed E-state index contributed by atoms with van der Waals surface area (Å²) in [4.78, 5) is 2.58. The Bertz CT molecular complexity index is 429. The zero-order chi connectivity index (χ0) is 14.6. The minimum Gasteiger partial charge on any atom is -0.497 e. The molecule has 2 atom stereocenters. The van der Waals surface area contributed by atoms with E-state index in [-0.39, 0.29) is 11.6 Å². The van der Waals surface area contributed by atoms with E-state index in [2.05, 4.69) is 30.9 Å². The molecule has 0 spiro atoms. The van der Waals surface area contributed by atoms with E-state index < -0.39 is 0 Å². The van der Waals surface area contributed by atoms with Gasteiger partial charge in [0, 0.05) is 11.6 Å². The molecule has 0 amide bonds. The molecule has 1 aliphatic heterocycles. The highest BCUT2D eigenvalue weighted by Crippen LogP contribution is 2.35. The summed E-state index contributed by atoms with van der Waals surface area (Å²) in [6, 6.07) is 8.20. The van der Waals surface area contributed by atoms with Crippen molar-refractivity contribution in [3.05, 3.63) is 29.8 Å². The molecule has 0 saturated carbocycles. The third-order valence-corrected chi connectivity index (χ3v) is 4.92. The Balaban J connectivity index is 2.24.